The van der Waals surface area contributed by atoms with Crippen molar-refractivity contribution < 1.29 is 30.2 Å². The van der Waals surface area contributed by atoms with Crippen molar-refractivity contribution in [1.29, 1.82) is 0 Å². The maximum Gasteiger partial charge on any atom is 0.135 e. The van der Waals surface area contributed by atoms with E-state index in [1.54, 1.807) is 0 Å². The molecule has 0 atom stereocenters. The van der Waals surface area contributed by atoms with Crippen molar-refractivity contribution in [3.05, 3.63) is 211 Å². The maximum atomic E-state index is 6.87. The zero-order chi connectivity index (χ0) is 56.4. The van der Waals surface area contributed by atoms with Crippen LogP contribution in [0.25, 0.3) is 71.8 Å². The van der Waals surface area contributed by atoms with Gasteiger partial charge >= 0.3 is 0 Å². The molecule has 0 fully saturated rings. The van der Waals surface area contributed by atoms with E-state index in [4.69, 9.17) is 14.1 Å². The van der Waals surface area contributed by atoms with Crippen molar-refractivity contribution in [2.45, 2.75) is 131 Å². The van der Waals surface area contributed by atoms with Crippen molar-refractivity contribution in [1.82, 2.24) is 9.55 Å². The largest absolute Gasteiger partial charge is 0.509 e. The molecule has 12 rings (SSSR count). The maximum absolute atomic E-state index is 6.87. The Morgan fingerprint density at radius 2 is 1.00 bits per heavy atom. The SMILES string of the molecule is CC(C)(C)c1cc(-c2cccc(-c3cc(C(C)(C)C)cc(C(C)(C)C)c3)c2N2[CH-]N(c3[c-]c(Oc4[c-]c5c(cc4)c4c6oc7ccccc7c6ccc4n5-c4cc(C(C)(C)C)ccn4)ccc3)c3ccccc32)cc(C(C)(C)C)c1.[Pt]. The monoisotopic (exact) mass is 1240 g/mol. The fraction of sp³-hybridized carbons (Fsp3) is 0.270. The van der Waals surface area contributed by atoms with Crippen molar-refractivity contribution in [2.75, 3.05) is 9.80 Å². The van der Waals surface area contributed by atoms with E-state index in [9.17, 15) is 0 Å². The summed E-state index contributed by atoms with van der Waals surface area (Å²) in [6.07, 6.45) is 1.91. The van der Waals surface area contributed by atoms with E-state index < -0.39 is 0 Å². The molecule has 7 heteroatoms. The van der Waals surface area contributed by atoms with Gasteiger partial charge in [-0.15, -0.1) is 42.7 Å². The Hall–Kier alpha value is -7.40. The second kappa shape index (κ2) is 19.9. The quantitative estimate of drug-likeness (QED) is 0.149. The molecule has 1 aliphatic heterocycles. The van der Waals surface area contributed by atoms with Crippen LogP contribution in [0.3, 0.4) is 0 Å². The number of aromatic nitrogens is 2. The average molecular weight is 1250 g/mol. The average Bonchev–Trinajstić information content (AvgIpc) is 4.21. The van der Waals surface area contributed by atoms with Gasteiger partial charge in [-0.05, 0) is 114 Å². The molecule has 0 N–H and O–H groups in total. The number of pyridine rings is 1. The molecule has 0 amide bonds. The number of fused-ring (bicyclic) bond motifs is 8. The van der Waals surface area contributed by atoms with E-state index in [-0.39, 0.29) is 48.1 Å². The van der Waals surface area contributed by atoms with Gasteiger partial charge < -0.3 is 23.5 Å². The minimum absolute atomic E-state index is 0. The van der Waals surface area contributed by atoms with Crippen molar-refractivity contribution in [3.8, 4) is 39.6 Å². The van der Waals surface area contributed by atoms with Crippen molar-refractivity contribution in [3.63, 3.8) is 0 Å². The van der Waals surface area contributed by atoms with Gasteiger partial charge in [0.15, 0.2) is 0 Å². The molecule has 8 aromatic carbocycles. The molecule has 0 radical (unpaired) electrons. The fourth-order valence-electron chi connectivity index (χ4n) is 11.3. The van der Waals surface area contributed by atoms with Crippen LogP contribution in [-0.4, -0.2) is 9.55 Å². The number of furan rings is 1. The first-order valence-corrected chi connectivity index (χ1v) is 28.3. The van der Waals surface area contributed by atoms with Crippen LogP contribution >= 0.6 is 0 Å². The number of ether oxygens (including phenoxy) is 1. The summed E-state index contributed by atoms with van der Waals surface area (Å²) >= 11 is 0. The zero-order valence-electron chi connectivity index (χ0n) is 49.6. The Balaban J connectivity index is 0.00000690. The second-order valence-corrected chi connectivity index (χ2v) is 27.2. The summed E-state index contributed by atoms with van der Waals surface area (Å²) < 4.78 is 15.7. The van der Waals surface area contributed by atoms with Crippen molar-refractivity contribution in [2.24, 2.45) is 0 Å². The summed E-state index contributed by atoms with van der Waals surface area (Å²) in [4.78, 5) is 9.64. The minimum Gasteiger partial charge on any atom is -0.509 e. The molecule has 0 unspecified atom stereocenters. The first kappa shape index (κ1) is 55.5. The normalized spacial score (nSPS) is 13.4. The molecule has 0 saturated carbocycles. The summed E-state index contributed by atoms with van der Waals surface area (Å²) in [5, 5.41) is 4.17. The molecule has 4 heterocycles. The van der Waals surface area contributed by atoms with Crippen LogP contribution in [-0.2, 0) is 48.1 Å². The summed E-state index contributed by atoms with van der Waals surface area (Å²) in [5.74, 6) is 1.94. The van der Waals surface area contributed by atoms with Crippen LogP contribution < -0.4 is 14.5 Å². The van der Waals surface area contributed by atoms with Crippen LogP contribution in [0.2, 0.25) is 0 Å². The Labute approximate surface area is 494 Å². The van der Waals surface area contributed by atoms with E-state index in [1.807, 2.05) is 36.5 Å². The smallest absolute Gasteiger partial charge is 0.135 e. The molecular weight excluding hydrogens is 1170 g/mol. The zero-order valence-corrected chi connectivity index (χ0v) is 51.9. The van der Waals surface area contributed by atoms with Crippen LogP contribution in [0.4, 0.5) is 22.7 Å². The van der Waals surface area contributed by atoms with Crippen molar-refractivity contribution >= 4 is 66.5 Å². The van der Waals surface area contributed by atoms with E-state index in [1.165, 1.54) is 38.9 Å². The number of benzene rings is 8. The topological polar surface area (TPSA) is 46.7 Å². The summed E-state index contributed by atoms with van der Waals surface area (Å²) in [7, 11) is 0. The van der Waals surface area contributed by atoms with Gasteiger partial charge in [0.25, 0.3) is 0 Å². The van der Waals surface area contributed by atoms with E-state index >= 15 is 0 Å². The molecule has 0 aliphatic carbocycles. The number of nitrogens with zero attached hydrogens (tertiary/aromatic N) is 4. The fourth-order valence-corrected chi connectivity index (χ4v) is 11.3. The van der Waals surface area contributed by atoms with E-state index in [0.717, 1.165) is 83.4 Å². The van der Waals surface area contributed by atoms with Gasteiger partial charge in [-0.1, -0.05) is 200 Å². The summed E-state index contributed by atoms with van der Waals surface area (Å²) in [6, 6.07) is 64.7. The Bertz CT molecular complexity index is 4080. The molecule has 0 saturated heterocycles. The molecule has 0 bridgehead atoms. The molecule has 0 spiro atoms. The summed E-state index contributed by atoms with van der Waals surface area (Å²) in [6.45, 7) is 36.8. The number of rotatable bonds is 7. The van der Waals surface area contributed by atoms with Gasteiger partial charge in [0.2, 0.25) is 0 Å². The van der Waals surface area contributed by atoms with Crippen LogP contribution in [0, 0.1) is 18.8 Å². The third-order valence-corrected chi connectivity index (χ3v) is 16.1. The number of hydrogen-bond donors (Lipinski definition) is 0. The van der Waals surface area contributed by atoms with Gasteiger partial charge in [0.1, 0.15) is 17.0 Å². The van der Waals surface area contributed by atoms with E-state index in [2.05, 4.69) is 264 Å². The first-order chi connectivity index (χ1) is 37.8. The predicted molar refractivity (Wildman–Crippen MR) is 336 cm³/mol. The molecule has 414 valence electrons. The predicted octanol–water partition coefficient (Wildman–Crippen LogP) is 20.7. The molecular formula is C74H73N4O2Pt-3. The molecule has 3 aromatic heterocycles. The van der Waals surface area contributed by atoms with Crippen LogP contribution in [0.15, 0.2) is 168 Å². The molecule has 6 nitrogen and oxygen atoms in total. The molecule has 1 aliphatic rings. The minimum atomic E-state index is -0.0836. The standard InChI is InChI=1S/C74H73N4O2.Pt/c1-70(2,3)48-34-35-75-66(42-48)78-63-33-32-59-58-24-16-19-29-65(58)80-69(59)67(63)60-31-30-55(44-64(60)78)79-54-23-20-22-53(43-54)76-45-77(62-28-18-17-27-61(62)76)68-56(46-36-49(71(4,5)6)40-50(37-46)72(7,8)9)25-21-26-57(68)47-38-51(73(10,11)12)41-52(39-47)74(13,14)15;/h16-42,45H,1-15H3;/q-3;. The van der Waals surface area contributed by atoms with Gasteiger partial charge in [-0.3, -0.25) is 0 Å². The van der Waals surface area contributed by atoms with Crippen LogP contribution in [0.5, 0.6) is 11.5 Å². The second-order valence-electron chi connectivity index (χ2n) is 27.2. The Morgan fingerprint density at radius 3 is 1.59 bits per heavy atom. The number of hydrogen-bond acceptors (Lipinski definition) is 5. The third-order valence-electron chi connectivity index (χ3n) is 16.1. The van der Waals surface area contributed by atoms with Gasteiger partial charge in [0, 0.05) is 83.2 Å². The first-order valence-electron chi connectivity index (χ1n) is 28.3. The van der Waals surface area contributed by atoms with Gasteiger partial charge in [-0.25, -0.2) is 4.98 Å². The Kier molecular flexibility index (Phi) is 13.7. The Morgan fingerprint density at radius 1 is 0.469 bits per heavy atom. The van der Waals surface area contributed by atoms with Gasteiger partial charge in [0.05, 0.1) is 0 Å². The van der Waals surface area contributed by atoms with E-state index in [0.29, 0.717) is 11.5 Å². The van der Waals surface area contributed by atoms with Gasteiger partial charge in [-0.2, -0.15) is 12.1 Å². The number of para-hydroxylation sites is 4. The summed E-state index contributed by atoms with van der Waals surface area (Å²) in [5.41, 5.74) is 18.4. The number of anilines is 4. The molecule has 11 aromatic rings. The van der Waals surface area contributed by atoms with Crippen LogP contribution in [0.1, 0.15) is 132 Å². The molecule has 81 heavy (non-hydrogen) atoms. The third kappa shape index (κ3) is 10.2.